The third-order valence-corrected chi connectivity index (χ3v) is 3.77. The molecule has 1 aliphatic rings. The van der Waals surface area contributed by atoms with Crippen molar-refractivity contribution in [2.45, 2.75) is 26.2 Å². The Hall–Kier alpha value is -0.810. The van der Waals surface area contributed by atoms with Gasteiger partial charge < -0.3 is 20.2 Å². The summed E-state index contributed by atoms with van der Waals surface area (Å²) in [4.78, 5) is 15.6. The molecule has 0 aromatic rings. The summed E-state index contributed by atoms with van der Waals surface area (Å²) in [5.41, 5.74) is 0. The molecule has 2 amide bonds. The van der Waals surface area contributed by atoms with Crippen LogP contribution in [-0.4, -0.2) is 67.3 Å². The second-order valence-corrected chi connectivity index (χ2v) is 5.04. The van der Waals surface area contributed by atoms with Crippen molar-refractivity contribution in [2.75, 3.05) is 46.4 Å². The normalized spacial score (nSPS) is 17.7. The highest BCUT2D eigenvalue weighted by Crippen LogP contribution is 2.19. The monoisotopic (exact) mass is 257 g/mol. The third-order valence-electron chi connectivity index (χ3n) is 3.77. The van der Waals surface area contributed by atoms with E-state index in [1.54, 1.807) is 7.05 Å². The molecule has 0 aromatic carbocycles. The number of likely N-dealkylation sites (N-methyl/N-ethyl adjacent to an activating group) is 1. The van der Waals surface area contributed by atoms with Gasteiger partial charge in [-0.2, -0.15) is 0 Å². The van der Waals surface area contributed by atoms with Crippen LogP contribution in [0, 0.1) is 5.92 Å². The summed E-state index contributed by atoms with van der Waals surface area (Å²) in [6.07, 6.45) is 3.56. The lowest BCUT2D eigenvalue weighted by molar-refractivity contribution is 0.179. The molecule has 1 heterocycles. The Balaban J connectivity index is 2.09. The van der Waals surface area contributed by atoms with E-state index >= 15 is 0 Å². The Morgan fingerprint density at radius 3 is 2.67 bits per heavy atom. The van der Waals surface area contributed by atoms with Crippen molar-refractivity contribution in [3.63, 3.8) is 0 Å². The van der Waals surface area contributed by atoms with Gasteiger partial charge in [0, 0.05) is 20.1 Å². The van der Waals surface area contributed by atoms with Gasteiger partial charge in [0.05, 0.1) is 6.61 Å². The van der Waals surface area contributed by atoms with E-state index in [4.69, 9.17) is 5.11 Å². The first-order valence-electron chi connectivity index (χ1n) is 6.99. The molecule has 0 atom stereocenters. The predicted octanol–water partition coefficient (Wildman–Crippen LogP) is 0.742. The highest BCUT2D eigenvalue weighted by molar-refractivity contribution is 5.73. The van der Waals surface area contributed by atoms with Crippen LogP contribution in [0.1, 0.15) is 26.2 Å². The number of carbonyl (C=O) groups is 1. The Morgan fingerprint density at radius 1 is 1.44 bits per heavy atom. The molecule has 18 heavy (non-hydrogen) atoms. The summed E-state index contributed by atoms with van der Waals surface area (Å²) in [6, 6.07) is -0.0879. The number of carbonyl (C=O) groups excluding carboxylic acids is 1. The van der Waals surface area contributed by atoms with E-state index in [0.29, 0.717) is 6.54 Å². The summed E-state index contributed by atoms with van der Waals surface area (Å²) >= 11 is 0. The maximum absolute atomic E-state index is 11.6. The summed E-state index contributed by atoms with van der Waals surface area (Å²) in [6.45, 7) is 6.89. The minimum atomic E-state index is -0.0879. The van der Waals surface area contributed by atoms with Gasteiger partial charge in [-0.15, -0.1) is 0 Å². The number of urea groups is 1. The van der Waals surface area contributed by atoms with Gasteiger partial charge >= 0.3 is 6.03 Å². The van der Waals surface area contributed by atoms with Gasteiger partial charge in [0.15, 0.2) is 0 Å². The van der Waals surface area contributed by atoms with Crippen LogP contribution < -0.4 is 5.32 Å². The number of hydrogen-bond acceptors (Lipinski definition) is 3. The van der Waals surface area contributed by atoms with Crippen LogP contribution in [0.15, 0.2) is 0 Å². The molecule has 1 aliphatic heterocycles. The van der Waals surface area contributed by atoms with Crippen molar-refractivity contribution < 1.29 is 9.90 Å². The fraction of sp³-hybridized carbons (Fsp3) is 0.923. The molecule has 5 nitrogen and oxygen atoms in total. The van der Waals surface area contributed by atoms with E-state index in [0.717, 1.165) is 25.4 Å². The van der Waals surface area contributed by atoms with Crippen molar-refractivity contribution in [2.24, 2.45) is 5.92 Å². The molecule has 0 aliphatic carbocycles. The number of rotatable bonds is 6. The molecule has 0 spiro atoms. The molecule has 0 aromatic heterocycles. The molecule has 2 N–H and O–H groups in total. The van der Waals surface area contributed by atoms with E-state index in [-0.39, 0.29) is 12.6 Å². The quantitative estimate of drug-likeness (QED) is 0.738. The largest absolute Gasteiger partial charge is 0.395 e. The first-order valence-corrected chi connectivity index (χ1v) is 6.99. The summed E-state index contributed by atoms with van der Waals surface area (Å²) in [5, 5.41) is 11.6. The van der Waals surface area contributed by atoms with Crippen molar-refractivity contribution in [3.05, 3.63) is 0 Å². The molecular weight excluding hydrogens is 230 g/mol. The number of nitrogens with zero attached hydrogens (tertiary/aromatic N) is 2. The van der Waals surface area contributed by atoms with Crippen LogP contribution in [0.25, 0.3) is 0 Å². The van der Waals surface area contributed by atoms with E-state index in [9.17, 15) is 4.79 Å². The lowest BCUT2D eigenvalue weighted by Gasteiger charge is -2.31. The predicted molar refractivity (Wildman–Crippen MR) is 72.6 cm³/mol. The van der Waals surface area contributed by atoms with Gasteiger partial charge in [-0.3, -0.25) is 0 Å². The topological polar surface area (TPSA) is 55.8 Å². The van der Waals surface area contributed by atoms with Crippen LogP contribution >= 0.6 is 0 Å². The average Bonchev–Trinajstić information content (AvgIpc) is 2.39. The first kappa shape index (κ1) is 15.2. The molecule has 5 heteroatoms. The second kappa shape index (κ2) is 8.32. The van der Waals surface area contributed by atoms with E-state index in [1.165, 1.54) is 30.8 Å². The third kappa shape index (κ3) is 5.23. The van der Waals surface area contributed by atoms with E-state index in [2.05, 4.69) is 17.1 Å². The SMILES string of the molecule is CCN1CCC(CCNC(=O)N(C)CCO)CC1. The molecule has 0 unspecified atom stereocenters. The van der Waals surface area contributed by atoms with Gasteiger partial charge in [0.2, 0.25) is 0 Å². The number of amides is 2. The van der Waals surface area contributed by atoms with Crippen molar-refractivity contribution in [1.82, 2.24) is 15.1 Å². The van der Waals surface area contributed by atoms with Gasteiger partial charge in [-0.05, 0) is 44.8 Å². The highest BCUT2D eigenvalue weighted by atomic mass is 16.3. The van der Waals surface area contributed by atoms with Gasteiger partial charge in [0.1, 0.15) is 0 Å². The Morgan fingerprint density at radius 2 is 2.11 bits per heavy atom. The van der Waals surface area contributed by atoms with Crippen LogP contribution in [0.2, 0.25) is 0 Å². The first-order chi connectivity index (χ1) is 8.67. The molecule has 1 rings (SSSR count). The lowest BCUT2D eigenvalue weighted by Crippen LogP contribution is -2.40. The second-order valence-electron chi connectivity index (χ2n) is 5.04. The maximum Gasteiger partial charge on any atom is 0.317 e. The molecule has 0 saturated carbocycles. The number of aliphatic hydroxyl groups excluding tert-OH is 1. The Bertz CT molecular complexity index is 240. The standard InChI is InChI=1S/C13H27N3O2/c1-3-16-8-5-12(6-9-16)4-7-14-13(18)15(2)10-11-17/h12,17H,3-11H2,1-2H3,(H,14,18). The van der Waals surface area contributed by atoms with E-state index in [1.807, 2.05) is 0 Å². The van der Waals surface area contributed by atoms with Crippen molar-refractivity contribution in [3.8, 4) is 0 Å². The molecule has 106 valence electrons. The average molecular weight is 257 g/mol. The molecule has 1 saturated heterocycles. The molecular formula is C13H27N3O2. The fourth-order valence-corrected chi connectivity index (χ4v) is 2.36. The number of aliphatic hydroxyl groups is 1. The zero-order valence-electron chi connectivity index (χ0n) is 11.7. The minimum Gasteiger partial charge on any atom is -0.395 e. The summed E-state index contributed by atoms with van der Waals surface area (Å²) in [5.74, 6) is 0.747. The number of hydrogen-bond donors (Lipinski definition) is 2. The minimum absolute atomic E-state index is 0.0133. The van der Waals surface area contributed by atoms with Crippen LogP contribution in [0.4, 0.5) is 4.79 Å². The number of piperidine rings is 1. The van der Waals surface area contributed by atoms with Crippen molar-refractivity contribution in [1.29, 1.82) is 0 Å². The zero-order valence-corrected chi connectivity index (χ0v) is 11.7. The van der Waals surface area contributed by atoms with Crippen LogP contribution in [0.5, 0.6) is 0 Å². The number of nitrogens with one attached hydrogen (secondary N) is 1. The Labute approximate surface area is 110 Å². The molecule has 0 radical (unpaired) electrons. The van der Waals surface area contributed by atoms with Gasteiger partial charge in [0.25, 0.3) is 0 Å². The van der Waals surface area contributed by atoms with Crippen molar-refractivity contribution >= 4 is 6.03 Å². The smallest absolute Gasteiger partial charge is 0.317 e. The maximum atomic E-state index is 11.6. The van der Waals surface area contributed by atoms with Gasteiger partial charge in [-0.1, -0.05) is 6.92 Å². The highest BCUT2D eigenvalue weighted by Gasteiger charge is 2.18. The molecule has 1 fully saturated rings. The van der Waals surface area contributed by atoms with Gasteiger partial charge in [-0.25, -0.2) is 4.79 Å². The Kier molecular flexibility index (Phi) is 7.05. The van der Waals surface area contributed by atoms with Crippen LogP contribution in [-0.2, 0) is 0 Å². The fourth-order valence-electron chi connectivity index (χ4n) is 2.36. The van der Waals surface area contributed by atoms with E-state index < -0.39 is 0 Å². The van der Waals surface area contributed by atoms with Crippen LogP contribution in [0.3, 0.4) is 0 Å². The number of likely N-dealkylation sites (tertiary alicyclic amines) is 1. The molecule has 0 bridgehead atoms. The zero-order chi connectivity index (χ0) is 13.4. The lowest BCUT2D eigenvalue weighted by atomic mass is 9.93. The summed E-state index contributed by atoms with van der Waals surface area (Å²) in [7, 11) is 1.70. The summed E-state index contributed by atoms with van der Waals surface area (Å²) < 4.78 is 0.